The van der Waals surface area contributed by atoms with Crippen LogP contribution in [0.5, 0.6) is 0 Å². The zero-order chi connectivity index (χ0) is 14.5. The van der Waals surface area contributed by atoms with Crippen molar-refractivity contribution < 1.29 is 4.74 Å². The fraction of sp³-hybridized carbons (Fsp3) is 0.769. The van der Waals surface area contributed by atoms with Crippen LogP contribution in [0.25, 0.3) is 0 Å². The molecule has 0 radical (unpaired) electrons. The average Bonchev–Trinajstić information content (AvgIpc) is 2.93. The number of nitrogens with zero attached hydrogens (tertiary/aromatic N) is 4. The van der Waals surface area contributed by atoms with E-state index in [2.05, 4.69) is 41.0 Å². The van der Waals surface area contributed by atoms with Crippen LogP contribution < -0.4 is 10.2 Å². The van der Waals surface area contributed by atoms with E-state index in [1.165, 1.54) is 0 Å². The first-order valence-electron chi connectivity index (χ1n) is 7.14. The van der Waals surface area contributed by atoms with Gasteiger partial charge in [0, 0.05) is 31.7 Å². The number of nitrogens with one attached hydrogen (secondary N) is 1. The van der Waals surface area contributed by atoms with Gasteiger partial charge in [-0.05, 0) is 38.8 Å². The molecule has 1 saturated heterocycles. The van der Waals surface area contributed by atoms with Gasteiger partial charge in [-0.2, -0.15) is 15.0 Å². The molecule has 1 aromatic rings. The summed E-state index contributed by atoms with van der Waals surface area (Å²) in [5, 5.41) is 3.54. The Balaban J connectivity index is 2.10. The van der Waals surface area contributed by atoms with Crippen molar-refractivity contribution in [2.75, 3.05) is 36.5 Å². The van der Waals surface area contributed by atoms with Gasteiger partial charge in [0.2, 0.25) is 17.2 Å². The first kappa shape index (κ1) is 15.3. The fourth-order valence-electron chi connectivity index (χ4n) is 2.32. The molecule has 1 aliphatic heterocycles. The molecule has 20 heavy (non-hydrogen) atoms. The maximum Gasteiger partial charge on any atom is 0.231 e. The second-order valence-electron chi connectivity index (χ2n) is 4.96. The third-order valence-corrected chi connectivity index (χ3v) is 3.84. The van der Waals surface area contributed by atoms with E-state index in [4.69, 9.17) is 16.3 Å². The summed E-state index contributed by atoms with van der Waals surface area (Å²) >= 11 is 6.00. The number of hydrogen-bond donors (Lipinski definition) is 1. The van der Waals surface area contributed by atoms with E-state index in [0.29, 0.717) is 17.8 Å². The van der Waals surface area contributed by atoms with Crippen LogP contribution in [0.1, 0.15) is 27.2 Å². The van der Waals surface area contributed by atoms with Crippen molar-refractivity contribution in [1.29, 1.82) is 0 Å². The molecule has 2 atom stereocenters. The van der Waals surface area contributed by atoms with Crippen molar-refractivity contribution in [3.05, 3.63) is 5.28 Å². The summed E-state index contributed by atoms with van der Waals surface area (Å²) < 4.78 is 5.41. The van der Waals surface area contributed by atoms with E-state index in [1.807, 2.05) is 4.90 Å². The number of ether oxygens (including phenoxy) is 1. The van der Waals surface area contributed by atoms with Gasteiger partial charge in [0.25, 0.3) is 0 Å². The van der Waals surface area contributed by atoms with Crippen molar-refractivity contribution in [2.24, 2.45) is 5.92 Å². The van der Waals surface area contributed by atoms with Crippen molar-refractivity contribution in [2.45, 2.75) is 33.2 Å². The molecule has 0 aliphatic carbocycles. The molecular weight excluding hydrogens is 278 g/mol. The molecule has 0 spiro atoms. The van der Waals surface area contributed by atoms with Crippen molar-refractivity contribution >= 4 is 23.5 Å². The van der Waals surface area contributed by atoms with Crippen molar-refractivity contribution in [1.82, 2.24) is 15.0 Å². The molecule has 0 saturated carbocycles. The summed E-state index contributed by atoms with van der Waals surface area (Å²) in [6, 6.07) is 0.250. The average molecular weight is 300 g/mol. The van der Waals surface area contributed by atoms with Crippen LogP contribution in [0.3, 0.4) is 0 Å². The lowest BCUT2D eigenvalue weighted by atomic mass is 10.0. The molecule has 0 bridgehead atoms. The first-order chi connectivity index (χ1) is 9.63. The first-order valence-corrected chi connectivity index (χ1v) is 7.52. The lowest BCUT2D eigenvalue weighted by Gasteiger charge is -2.22. The molecule has 1 N–H and O–H groups in total. The van der Waals surface area contributed by atoms with E-state index in [-0.39, 0.29) is 11.3 Å². The molecule has 2 unspecified atom stereocenters. The molecule has 6 nitrogen and oxygen atoms in total. The van der Waals surface area contributed by atoms with Crippen molar-refractivity contribution in [3.63, 3.8) is 0 Å². The van der Waals surface area contributed by atoms with Crippen molar-refractivity contribution in [3.8, 4) is 0 Å². The monoisotopic (exact) mass is 299 g/mol. The predicted octanol–water partition coefficient (Wildman–Crippen LogP) is 2.21. The van der Waals surface area contributed by atoms with Gasteiger partial charge in [0.1, 0.15) is 0 Å². The van der Waals surface area contributed by atoms with E-state index in [9.17, 15) is 0 Å². The van der Waals surface area contributed by atoms with Gasteiger partial charge in [-0.25, -0.2) is 0 Å². The van der Waals surface area contributed by atoms with E-state index in [1.54, 1.807) is 0 Å². The summed E-state index contributed by atoms with van der Waals surface area (Å²) in [5.41, 5.74) is 0. The lowest BCUT2D eigenvalue weighted by Crippen LogP contribution is -2.29. The standard InChI is InChI=1S/C13H22ClN5O/c1-4-19(5-2)13-17-11(14)16-12(18-13)15-9(3)10-6-7-20-8-10/h9-10H,4-8H2,1-3H3,(H,15,16,17,18). The second kappa shape index (κ2) is 7.04. The topological polar surface area (TPSA) is 63.2 Å². The number of rotatable bonds is 6. The smallest absolute Gasteiger partial charge is 0.231 e. The molecule has 7 heteroatoms. The fourth-order valence-corrected chi connectivity index (χ4v) is 2.48. The SMILES string of the molecule is CCN(CC)c1nc(Cl)nc(NC(C)C2CCOC2)n1. The van der Waals surface area contributed by atoms with Crippen LogP contribution in [0.2, 0.25) is 5.28 Å². The molecule has 1 aromatic heterocycles. The Morgan fingerprint density at radius 1 is 1.35 bits per heavy atom. The summed E-state index contributed by atoms with van der Waals surface area (Å²) in [6.45, 7) is 9.54. The van der Waals surface area contributed by atoms with Crippen LogP contribution in [0.15, 0.2) is 0 Å². The summed E-state index contributed by atoms with van der Waals surface area (Å²) in [4.78, 5) is 14.8. The van der Waals surface area contributed by atoms with Crippen LogP contribution >= 0.6 is 11.6 Å². The molecule has 1 aliphatic rings. The van der Waals surface area contributed by atoms with Gasteiger partial charge >= 0.3 is 0 Å². The molecule has 112 valence electrons. The highest BCUT2D eigenvalue weighted by Crippen LogP contribution is 2.20. The van der Waals surface area contributed by atoms with Gasteiger partial charge in [-0.1, -0.05) is 0 Å². The molecule has 1 fully saturated rings. The molecule has 0 aromatic carbocycles. The Morgan fingerprint density at radius 3 is 2.70 bits per heavy atom. The van der Waals surface area contributed by atoms with Crippen LogP contribution in [-0.4, -0.2) is 47.3 Å². The number of hydrogen-bond acceptors (Lipinski definition) is 6. The normalized spacial score (nSPS) is 19.9. The zero-order valence-corrected chi connectivity index (χ0v) is 13.0. The largest absolute Gasteiger partial charge is 0.381 e. The van der Waals surface area contributed by atoms with Gasteiger partial charge in [0.05, 0.1) is 6.61 Å². The second-order valence-corrected chi connectivity index (χ2v) is 5.30. The lowest BCUT2D eigenvalue weighted by molar-refractivity contribution is 0.183. The van der Waals surface area contributed by atoms with Crippen LogP contribution in [-0.2, 0) is 4.74 Å². The Hall–Kier alpha value is -1.14. The maximum atomic E-state index is 6.00. The van der Waals surface area contributed by atoms with Gasteiger partial charge in [-0.15, -0.1) is 0 Å². The maximum absolute atomic E-state index is 6.00. The number of anilines is 2. The third-order valence-electron chi connectivity index (χ3n) is 3.67. The minimum absolute atomic E-state index is 0.222. The van der Waals surface area contributed by atoms with Gasteiger partial charge in [0.15, 0.2) is 0 Å². The molecule has 2 rings (SSSR count). The number of halogens is 1. The Labute approximate surface area is 124 Å². The minimum Gasteiger partial charge on any atom is -0.381 e. The molecule has 2 heterocycles. The van der Waals surface area contributed by atoms with Crippen LogP contribution in [0.4, 0.5) is 11.9 Å². The summed E-state index contributed by atoms with van der Waals surface area (Å²) in [5.74, 6) is 1.64. The Morgan fingerprint density at radius 2 is 2.10 bits per heavy atom. The number of aromatic nitrogens is 3. The van der Waals surface area contributed by atoms with Gasteiger partial charge < -0.3 is 15.0 Å². The van der Waals surface area contributed by atoms with Gasteiger partial charge in [-0.3, -0.25) is 0 Å². The van der Waals surface area contributed by atoms with E-state index < -0.39 is 0 Å². The third kappa shape index (κ3) is 3.70. The quantitative estimate of drug-likeness (QED) is 0.869. The predicted molar refractivity (Wildman–Crippen MR) is 80.4 cm³/mol. The summed E-state index contributed by atoms with van der Waals surface area (Å²) in [6.07, 6.45) is 1.07. The highest BCUT2D eigenvalue weighted by molar-refractivity contribution is 6.28. The Kier molecular flexibility index (Phi) is 5.37. The Bertz CT molecular complexity index is 435. The molecule has 0 amide bonds. The van der Waals surface area contributed by atoms with Crippen LogP contribution in [0, 0.1) is 5.92 Å². The highest BCUT2D eigenvalue weighted by Gasteiger charge is 2.23. The molecular formula is C13H22ClN5O. The van der Waals surface area contributed by atoms with E-state index in [0.717, 1.165) is 32.7 Å². The zero-order valence-electron chi connectivity index (χ0n) is 12.3. The highest BCUT2D eigenvalue weighted by atomic mass is 35.5. The minimum atomic E-state index is 0.222. The van der Waals surface area contributed by atoms with E-state index >= 15 is 0 Å². The summed E-state index contributed by atoms with van der Waals surface area (Å²) in [7, 11) is 0.